The molecule has 0 aliphatic carbocycles. The van der Waals surface area contributed by atoms with Gasteiger partial charge in [0.15, 0.2) is 0 Å². The summed E-state index contributed by atoms with van der Waals surface area (Å²) in [6.07, 6.45) is 1.71. The largest absolute Gasteiger partial charge is 0.339 e. The molecule has 2 atom stereocenters. The molecule has 2 heterocycles. The molecule has 1 aromatic carbocycles. The predicted molar refractivity (Wildman–Crippen MR) is 62.1 cm³/mol. The minimum atomic E-state index is -0.502. The Hall–Kier alpha value is -1.84. The van der Waals surface area contributed by atoms with E-state index >= 15 is 0 Å². The molecule has 2 aliphatic rings. The lowest BCUT2D eigenvalue weighted by Crippen LogP contribution is -2.56. The highest BCUT2D eigenvalue weighted by molar-refractivity contribution is 5.97. The summed E-state index contributed by atoms with van der Waals surface area (Å²) in [6.45, 7) is 0.709. The summed E-state index contributed by atoms with van der Waals surface area (Å²) in [5, 5.41) is 2.82. The van der Waals surface area contributed by atoms with E-state index in [2.05, 4.69) is 5.32 Å². The van der Waals surface area contributed by atoms with Crippen molar-refractivity contribution in [3.8, 4) is 0 Å². The lowest BCUT2D eigenvalue weighted by atomic mass is 10.0. The molecule has 4 heteroatoms. The molecular formula is C13H14N2O2. The van der Waals surface area contributed by atoms with Crippen LogP contribution < -0.4 is 5.32 Å². The maximum atomic E-state index is 12.3. The molecule has 0 spiro atoms. The first kappa shape index (κ1) is 10.3. The molecule has 2 saturated heterocycles. The molecule has 0 bridgehead atoms. The van der Waals surface area contributed by atoms with Gasteiger partial charge in [0.05, 0.1) is 0 Å². The number of benzene rings is 1. The van der Waals surface area contributed by atoms with Crippen molar-refractivity contribution in [1.82, 2.24) is 10.2 Å². The Morgan fingerprint density at radius 3 is 2.71 bits per heavy atom. The van der Waals surface area contributed by atoms with Crippen LogP contribution >= 0.6 is 0 Å². The number of hydrogen-bond donors (Lipinski definition) is 1. The average molecular weight is 230 g/mol. The smallest absolute Gasteiger partial charge is 0.250 e. The van der Waals surface area contributed by atoms with Gasteiger partial charge >= 0.3 is 0 Å². The summed E-state index contributed by atoms with van der Waals surface area (Å²) in [7, 11) is 0. The monoisotopic (exact) mass is 230 g/mol. The van der Waals surface area contributed by atoms with Gasteiger partial charge in [0.25, 0.3) is 0 Å². The van der Waals surface area contributed by atoms with E-state index in [0.29, 0.717) is 6.54 Å². The highest BCUT2D eigenvalue weighted by Crippen LogP contribution is 2.27. The molecule has 2 fully saturated rings. The third-order valence-electron chi connectivity index (χ3n) is 3.50. The standard InChI is InChI=1S/C13H14N2O2/c16-12-10-7-4-8-15(10)13(17)11(14-12)9-5-2-1-3-6-9/h1-3,5-6,10-11H,4,7-8H2,(H,14,16)/t10-,11-/m0/s1. The molecule has 4 nitrogen and oxygen atoms in total. The normalized spacial score (nSPS) is 27.9. The molecule has 0 radical (unpaired) electrons. The third kappa shape index (κ3) is 1.60. The van der Waals surface area contributed by atoms with Crippen LogP contribution in [0.4, 0.5) is 0 Å². The summed E-state index contributed by atoms with van der Waals surface area (Å²) in [6, 6.07) is 8.67. The quantitative estimate of drug-likeness (QED) is 0.777. The van der Waals surface area contributed by atoms with Crippen LogP contribution in [-0.4, -0.2) is 29.3 Å². The van der Waals surface area contributed by atoms with E-state index in [9.17, 15) is 9.59 Å². The zero-order valence-electron chi connectivity index (χ0n) is 9.43. The minimum Gasteiger partial charge on any atom is -0.339 e. The number of nitrogens with one attached hydrogen (secondary N) is 1. The molecule has 0 saturated carbocycles. The number of amides is 2. The first-order chi connectivity index (χ1) is 8.27. The second-order valence-corrected chi connectivity index (χ2v) is 4.54. The topological polar surface area (TPSA) is 49.4 Å². The van der Waals surface area contributed by atoms with Crippen LogP contribution in [0.3, 0.4) is 0 Å². The van der Waals surface area contributed by atoms with Crippen LogP contribution in [0.15, 0.2) is 30.3 Å². The molecular weight excluding hydrogens is 216 g/mol. The maximum absolute atomic E-state index is 12.3. The van der Waals surface area contributed by atoms with Gasteiger partial charge in [-0.05, 0) is 18.4 Å². The van der Waals surface area contributed by atoms with E-state index in [1.54, 1.807) is 4.90 Å². The first-order valence-electron chi connectivity index (χ1n) is 5.93. The van der Waals surface area contributed by atoms with Gasteiger partial charge in [0.2, 0.25) is 11.8 Å². The van der Waals surface area contributed by atoms with Crippen LogP contribution in [-0.2, 0) is 9.59 Å². The molecule has 88 valence electrons. The predicted octanol–water partition coefficient (Wildman–Crippen LogP) is 0.848. The maximum Gasteiger partial charge on any atom is 0.250 e. The fourth-order valence-electron chi connectivity index (χ4n) is 2.64. The van der Waals surface area contributed by atoms with Gasteiger partial charge in [0.1, 0.15) is 12.1 Å². The molecule has 2 aliphatic heterocycles. The number of carbonyl (C=O) groups excluding carboxylic acids is 2. The van der Waals surface area contributed by atoms with Crippen molar-refractivity contribution in [2.75, 3.05) is 6.54 Å². The van der Waals surface area contributed by atoms with Gasteiger partial charge in [-0.15, -0.1) is 0 Å². The van der Waals surface area contributed by atoms with Gasteiger partial charge in [-0.3, -0.25) is 9.59 Å². The van der Waals surface area contributed by atoms with Crippen LogP contribution in [0, 0.1) is 0 Å². The van der Waals surface area contributed by atoms with E-state index < -0.39 is 6.04 Å². The van der Waals surface area contributed by atoms with Crippen molar-refractivity contribution in [3.63, 3.8) is 0 Å². The van der Waals surface area contributed by atoms with Crippen molar-refractivity contribution in [1.29, 1.82) is 0 Å². The van der Waals surface area contributed by atoms with Gasteiger partial charge in [0, 0.05) is 6.54 Å². The Morgan fingerprint density at radius 1 is 1.18 bits per heavy atom. The molecule has 0 aromatic heterocycles. The van der Waals surface area contributed by atoms with E-state index in [-0.39, 0.29) is 17.9 Å². The first-order valence-corrected chi connectivity index (χ1v) is 5.93. The lowest BCUT2D eigenvalue weighted by Gasteiger charge is -2.34. The van der Waals surface area contributed by atoms with Crippen molar-refractivity contribution in [2.24, 2.45) is 0 Å². The number of nitrogens with zero attached hydrogens (tertiary/aromatic N) is 1. The number of carbonyl (C=O) groups is 2. The van der Waals surface area contributed by atoms with Crippen LogP contribution in [0.5, 0.6) is 0 Å². The average Bonchev–Trinajstić information content (AvgIpc) is 2.85. The summed E-state index contributed by atoms with van der Waals surface area (Å²) in [5.41, 5.74) is 0.858. The van der Waals surface area contributed by atoms with E-state index in [0.717, 1.165) is 18.4 Å². The summed E-state index contributed by atoms with van der Waals surface area (Å²) >= 11 is 0. The summed E-state index contributed by atoms with van der Waals surface area (Å²) in [5.74, 6) is 0.00857. The van der Waals surface area contributed by atoms with Crippen molar-refractivity contribution < 1.29 is 9.59 Å². The Bertz CT molecular complexity index is 458. The number of rotatable bonds is 1. The highest BCUT2D eigenvalue weighted by atomic mass is 16.2. The molecule has 17 heavy (non-hydrogen) atoms. The van der Waals surface area contributed by atoms with Gasteiger partial charge < -0.3 is 10.2 Å². The number of hydrogen-bond acceptors (Lipinski definition) is 2. The Labute approximate surface area is 99.6 Å². The highest BCUT2D eigenvalue weighted by Gasteiger charge is 2.43. The van der Waals surface area contributed by atoms with Crippen LogP contribution in [0.1, 0.15) is 24.4 Å². The summed E-state index contributed by atoms with van der Waals surface area (Å²) in [4.78, 5) is 25.9. The second-order valence-electron chi connectivity index (χ2n) is 4.54. The second kappa shape index (κ2) is 3.87. The summed E-state index contributed by atoms with van der Waals surface area (Å²) < 4.78 is 0. The fourth-order valence-corrected chi connectivity index (χ4v) is 2.64. The molecule has 1 aromatic rings. The molecule has 2 amide bonds. The van der Waals surface area contributed by atoms with Crippen molar-refractivity contribution >= 4 is 11.8 Å². The molecule has 3 rings (SSSR count). The SMILES string of the molecule is O=C1N[C@@H](c2ccccc2)C(=O)N2CCC[C@@H]12. The number of fused-ring (bicyclic) bond motifs is 1. The Balaban J connectivity index is 1.92. The number of piperazine rings is 1. The zero-order valence-corrected chi connectivity index (χ0v) is 9.43. The van der Waals surface area contributed by atoms with E-state index in [4.69, 9.17) is 0 Å². The minimum absolute atomic E-state index is 0.0176. The molecule has 1 N–H and O–H groups in total. The lowest BCUT2D eigenvalue weighted by molar-refractivity contribution is -0.147. The fraction of sp³-hybridized carbons (Fsp3) is 0.385. The Morgan fingerprint density at radius 2 is 1.94 bits per heavy atom. The van der Waals surface area contributed by atoms with Gasteiger partial charge in [-0.2, -0.15) is 0 Å². The van der Waals surface area contributed by atoms with Crippen LogP contribution in [0.2, 0.25) is 0 Å². The molecule has 0 unspecified atom stereocenters. The van der Waals surface area contributed by atoms with E-state index in [1.165, 1.54) is 0 Å². The zero-order chi connectivity index (χ0) is 11.8. The third-order valence-corrected chi connectivity index (χ3v) is 3.50. The Kier molecular flexibility index (Phi) is 2.35. The van der Waals surface area contributed by atoms with Crippen molar-refractivity contribution in [2.45, 2.75) is 24.9 Å². The van der Waals surface area contributed by atoms with E-state index in [1.807, 2.05) is 30.3 Å². The van der Waals surface area contributed by atoms with Gasteiger partial charge in [-0.25, -0.2) is 0 Å². The van der Waals surface area contributed by atoms with Crippen LogP contribution in [0.25, 0.3) is 0 Å². The van der Waals surface area contributed by atoms with Crippen molar-refractivity contribution in [3.05, 3.63) is 35.9 Å². The van der Waals surface area contributed by atoms with Gasteiger partial charge in [-0.1, -0.05) is 30.3 Å².